The third kappa shape index (κ3) is 7.78. The van der Waals surface area contributed by atoms with Crippen LogP contribution in [-0.2, 0) is 15.7 Å². The maximum absolute atomic E-state index is 12.5. The summed E-state index contributed by atoms with van der Waals surface area (Å²) in [6, 6.07) is 2.25. The Hall–Kier alpha value is -1.74. The monoisotopic (exact) mass is 379 g/mol. The van der Waals surface area contributed by atoms with E-state index in [-0.39, 0.29) is 24.7 Å². The number of carbonyl (C=O) groups excluding carboxylic acids is 1. The number of ether oxygens (including phenoxy) is 2. The third-order valence-corrected chi connectivity index (χ3v) is 4.37. The Morgan fingerprint density at radius 3 is 2.64 bits per heavy atom. The number of rotatable bonds is 8. The highest BCUT2D eigenvalue weighted by atomic mass is 32.2. The molecule has 0 aliphatic carbocycles. The van der Waals surface area contributed by atoms with Crippen LogP contribution in [0.5, 0.6) is 0 Å². The molecule has 9 heteroatoms. The Bertz CT molecular complexity index is 578. The van der Waals surface area contributed by atoms with Crippen molar-refractivity contribution in [2.24, 2.45) is 5.92 Å². The number of pyridine rings is 1. The van der Waals surface area contributed by atoms with Crippen molar-refractivity contribution < 1.29 is 32.5 Å². The van der Waals surface area contributed by atoms with Gasteiger partial charge in [-0.3, -0.25) is 0 Å². The average molecular weight is 379 g/mol. The van der Waals surface area contributed by atoms with Gasteiger partial charge in [-0.2, -0.15) is 13.2 Å². The molecule has 0 aromatic carbocycles. The van der Waals surface area contributed by atoms with Crippen molar-refractivity contribution >= 4 is 17.9 Å². The normalized spacial score (nSPS) is 13.8. The summed E-state index contributed by atoms with van der Waals surface area (Å²) in [5, 5.41) is 10.5. The fourth-order valence-electron chi connectivity index (χ4n) is 1.70. The van der Waals surface area contributed by atoms with E-state index < -0.39 is 24.0 Å². The standard InChI is InChI=1S/C16H20F3NO4S/c1-4-23-15(22)24-11(3)7-13(21)10(2)9-25-14-6-5-12(8-20-14)16(17,18)19/h5-6,8,10,13,21H,3-4,7,9H2,1-2H3. The summed E-state index contributed by atoms with van der Waals surface area (Å²) in [6.45, 7) is 7.11. The molecule has 2 atom stereocenters. The van der Waals surface area contributed by atoms with Gasteiger partial charge in [0.25, 0.3) is 0 Å². The number of aliphatic hydroxyl groups is 1. The number of hydrogen-bond donors (Lipinski definition) is 1. The van der Waals surface area contributed by atoms with E-state index in [0.717, 1.165) is 12.3 Å². The Morgan fingerprint density at radius 2 is 2.12 bits per heavy atom. The molecular weight excluding hydrogens is 359 g/mol. The van der Waals surface area contributed by atoms with Gasteiger partial charge in [-0.15, -0.1) is 11.8 Å². The van der Waals surface area contributed by atoms with E-state index >= 15 is 0 Å². The molecule has 0 spiro atoms. The quantitative estimate of drug-likeness (QED) is 0.413. The minimum absolute atomic E-state index is 0.0426. The average Bonchev–Trinajstić information content (AvgIpc) is 2.52. The maximum Gasteiger partial charge on any atom is 0.513 e. The topological polar surface area (TPSA) is 68.7 Å². The molecule has 1 N–H and O–H groups in total. The molecular formula is C16H20F3NO4S. The van der Waals surface area contributed by atoms with Crippen LogP contribution in [0.3, 0.4) is 0 Å². The molecule has 1 aromatic heterocycles. The molecule has 1 heterocycles. The first-order chi connectivity index (χ1) is 11.6. The summed E-state index contributed by atoms with van der Waals surface area (Å²) in [4.78, 5) is 14.9. The van der Waals surface area contributed by atoms with Crippen molar-refractivity contribution in [2.45, 2.75) is 37.6 Å². The number of aliphatic hydroxyl groups excluding tert-OH is 1. The number of thioether (sulfide) groups is 1. The van der Waals surface area contributed by atoms with Crippen molar-refractivity contribution in [3.63, 3.8) is 0 Å². The second kappa shape index (κ2) is 9.67. The van der Waals surface area contributed by atoms with E-state index in [4.69, 9.17) is 4.74 Å². The number of nitrogens with zero attached hydrogens (tertiary/aromatic N) is 1. The van der Waals surface area contributed by atoms with Crippen LogP contribution in [0, 0.1) is 5.92 Å². The van der Waals surface area contributed by atoms with Crippen molar-refractivity contribution in [2.75, 3.05) is 12.4 Å². The van der Waals surface area contributed by atoms with Gasteiger partial charge >= 0.3 is 12.3 Å². The van der Waals surface area contributed by atoms with Crippen LogP contribution in [0.4, 0.5) is 18.0 Å². The molecule has 0 bridgehead atoms. The van der Waals surface area contributed by atoms with Crippen LogP contribution in [-0.4, -0.2) is 34.7 Å². The summed E-state index contributed by atoms with van der Waals surface area (Å²) in [6.07, 6.45) is -5.31. The van der Waals surface area contributed by atoms with Gasteiger partial charge in [-0.05, 0) is 25.0 Å². The smallest absolute Gasteiger partial charge is 0.434 e. The van der Waals surface area contributed by atoms with Gasteiger partial charge in [0.05, 0.1) is 23.3 Å². The molecule has 0 radical (unpaired) electrons. The highest BCUT2D eigenvalue weighted by Crippen LogP contribution is 2.30. The van der Waals surface area contributed by atoms with Crippen LogP contribution in [0.1, 0.15) is 25.8 Å². The summed E-state index contributed by atoms with van der Waals surface area (Å²) < 4.78 is 46.8. The molecule has 0 saturated carbocycles. The number of hydrogen-bond acceptors (Lipinski definition) is 6. The molecule has 5 nitrogen and oxygen atoms in total. The zero-order chi connectivity index (χ0) is 19.0. The van der Waals surface area contributed by atoms with Crippen LogP contribution >= 0.6 is 11.8 Å². The highest BCUT2D eigenvalue weighted by molar-refractivity contribution is 7.99. The van der Waals surface area contributed by atoms with Crippen LogP contribution in [0.15, 0.2) is 35.7 Å². The van der Waals surface area contributed by atoms with E-state index in [1.54, 1.807) is 13.8 Å². The lowest BCUT2D eigenvalue weighted by atomic mass is 10.0. The van der Waals surface area contributed by atoms with E-state index in [1.807, 2.05) is 0 Å². The highest BCUT2D eigenvalue weighted by Gasteiger charge is 2.30. The fraction of sp³-hybridized carbons (Fsp3) is 0.500. The molecule has 0 saturated heterocycles. The van der Waals surface area contributed by atoms with Gasteiger partial charge in [0.2, 0.25) is 0 Å². The van der Waals surface area contributed by atoms with E-state index in [0.29, 0.717) is 10.8 Å². The summed E-state index contributed by atoms with van der Waals surface area (Å²) >= 11 is 1.22. The summed E-state index contributed by atoms with van der Waals surface area (Å²) in [5.41, 5.74) is -0.808. The second-order valence-corrected chi connectivity index (χ2v) is 6.31. The lowest BCUT2D eigenvalue weighted by Crippen LogP contribution is -2.21. The zero-order valence-corrected chi connectivity index (χ0v) is 14.7. The first kappa shape index (κ1) is 21.3. The zero-order valence-electron chi connectivity index (χ0n) is 13.9. The number of alkyl halides is 3. The minimum atomic E-state index is -4.42. The molecule has 0 amide bonds. The number of aromatic nitrogens is 1. The predicted octanol–water partition coefficient (Wildman–Crippen LogP) is 4.27. The number of halogens is 3. The maximum atomic E-state index is 12.5. The van der Waals surface area contributed by atoms with Gasteiger partial charge in [-0.1, -0.05) is 13.5 Å². The van der Waals surface area contributed by atoms with E-state index in [2.05, 4.69) is 16.3 Å². The third-order valence-electron chi connectivity index (χ3n) is 3.14. The van der Waals surface area contributed by atoms with Gasteiger partial charge in [0.15, 0.2) is 0 Å². The van der Waals surface area contributed by atoms with Gasteiger partial charge in [0.1, 0.15) is 5.76 Å². The van der Waals surface area contributed by atoms with E-state index in [9.17, 15) is 23.1 Å². The first-order valence-electron chi connectivity index (χ1n) is 7.50. The fourth-order valence-corrected chi connectivity index (χ4v) is 2.65. The molecule has 1 aromatic rings. The van der Waals surface area contributed by atoms with Gasteiger partial charge in [0, 0.05) is 18.4 Å². The predicted molar refractivity (Wildman–Crippen MR) is 87.0 cm³/mol. The van der Waals surface area contributed by atoms with Gasteiger partial charge in [-0.25, -0.2) is 9.78 Å². The minimum Gasteiger partial charge on any atom is -0.434 e. The van der Waals surface area contributed by atoms with Crippen LogP contribution in [0.25, 0.3) is 0 Å². The van der Waals surface area contributed by atoms with E-state index in [1.165, 1.54) is 17.8 Å². The first-order valence-corrected chi connectivity index (χ1v) is 8.48. The largest absolute Gasteiger partial charge is 0.513 e. The molecule has 25 heavy (non-hydrogen) atoms. The van der Waals surface area contributed by atoms with Crippen molar-refractivity contribution in [1.82, 2.24) is 4.98 Å². The Kier molecular flexibility index (Phi) is 8.24. The Balaban J connectivity index is 2.43. The SMILES string of the molecule is C=C(CC(O)C(C)CSc1ccc(C(F)(F)F)cn1)OC(=O)OCC. The van der Waals surface area contributed by atoms with Crippen LogP contribution in [0.2, 0.25) is 0 Å². The van der Waals surface area contributed by atoms with Gasteiger partial charge < -0.3 is 14.6 Å². The van der Waals surface area contributed by atoms with Crippen molar-refractivity contribution in [3.8, 4) is 0 Å². The van der Waals surface area contributed by atoms with Crippen LogP contribution < -0.4 is 0 Å². The molecule has 140 valence electrons. The lowest BCUT2D eigenvalue weighted by Gasteiger charge is -2.19. The van der Waals surface area contributed by atoms with Crippen molar-refractivity contribution in [1.29, 1.82) is 0 Å². The molecule has 2 unspecified atom stereocenters. The lowest BCUT2D eigenvalue weighted by molar-refractivity contribution is -0.137. The summed E-state index contributed by atoms with van der Waals surface area (Å²) in [5.74, 6) is 0.277. The number of carbonyl (C=O) groups is 1. The van der Waals surface area contributed by atoms with Crippen molar-refractivity contribution in [3.05, 3.63) is 36.2 Å². The molecule has 0 fully saturated rings. The molecule has 0 aliphatic rings. The summed E-state index contributed by atoms with van der Waals surface area (Å²) in [7, 11) is 0. The second-order valence-electron chi connectivity index (χ2n) is 5.27. The Morgan fingerprint density at radius 1 is 1.44 bits per heavy atom. The molecule has 0 aliphatic heterocycles. The Labute approximate surface area is 148 Å². The molecule has 1 rings (SSSR count).